The van der Waals surface area contributed by atoms with Gasteiger partial charge in [0.2, 0.25) is 0 Å². The maximum absolute atomic E-state index is 12.5. The third-order valence-corrected chi connectivity index (χ3v) is 4.21. The number of esters is 1. The molecule has 144 valence electrons. The molecule has 0 atom stereocenters. The van der Waals surface area contributed by atoms with E-state index in [4.69, 9.17) is 14.2 Å². The van der Waals surface area contributed by atoms with Crippen molar-refractivity contribution in [2.75, 3.05) is 7.11 Å². The normalized spacial score (nSPS) is 20.3. The molecule has 0 saturated heterocycles. The van der Waals surface area contributed by atoms with Gasteiger partial charge in [-0.25, -0.2) is 9.59 Å². The highest BCUT2D eigenvalue weighted by Gasteiger charge is 2.27. The average Bonchev–Trinajstić information content (AvgIpc) is 2.55. The van der Waals surface area contributed by atoms with Crippen LogP contribution in [-0.4, -0.2) is 36.9 Å². The molecule has 26 heavy (non-hydrogen) atoms. The van der Waals surface area contributed by atoms with Crippen molar-refractivity contribution >= 4 is 12.1 Å². The van der Waals surface area contributed by atoms with Crippen molar-refractivity contribution in [1.82, 2.24) is 5.32 Å². The van der Waals surface area contributed by atoms with Crippen LogP contribution in [0.1, 0.15) is 62.4 Å². The lowest BCUT2D eigenvalue weighted by molar-refractivity contribution is 0.0159. The second kappa shape index (κ2) is 9.03. The van der Waals surface area contributed by atoms with Crippen LogP contribution >= 0.6 is 0 Å². The molecule has 6 nitrogen and oxygen atoms in total. The fourth-order valence-corrected chi connectivity index (χ4v) is 3.01. The van der Waals surface area contributed by atoms with E-state index in [-0.39, 0.29) is 18.1 Å². The third kappa shape index (κ3) is 6.33. The molecule has 1 fully saturated rings. The average molecular weight is 363 g/mol. The number of hydrogen-bond donors (Lipinski definition) is 1. The number of amides is 1. The van der Waals surface area contributed by atoms with Gasteiger partial charge in [0.25, 0.3) is 0 Å². The molecule has 0 spiro atoms. The summed E-state index contributed by atoms with van der Waals surface area (Å²) in [7, 11) is 1.60. The van der Waals surface area contributed by atoms with Crippen LogP contribution < -0.4 is 5.32 Å². The number of hydrogen-bond acceptors (Lipinski definition) is 5. The smallest absolute Gasteiger partial charge is 0.407 e. The molecule has 2 rings (SSSR count). The minimum atomic E-state index is -0.508. The van der Waals surface area contributed by atoms with Gasteiger partial charge in [0.1, 0.15) is 11.7 Å². The monoisotopic (exact) mass is 363 g/mol. The molecule has 1 saturated carbocycles. The Labute approximate surface area is 155 Å². The van der Waals surface area contributed by atoms with E-state index in [9.17, 15) is 9.59 Å². The zero-order valence-electron chi connectivity index (χ0n) is 16.0. The minimum Gasteiger partial charge on any atom is -0.459 e. The molecule has 0 unspecified atom stereocenters. The molecule has 1 aromatic rings. The summed E-state index contributed by atoms with van der Waals surface area (Å²) in [5, 5.41) is 2.89. The number of benzene rings is 1. The molecule has 6 heteroatoms. The first kappa shape index (κ1) is 20.2. The number of ether oxygens (including phenoxy) is 3. The van der Waals surface area contributed by atoms with Crippen LogP contribution in [0.2, 0.25) is 0 Å². The molecule has 1 aromatic carbocycles. The molecule has 0 aliphatic heterocycles. The lowest BCUT2D eigenvalue weighted by Crippen LogP contribution is -2.42. The Morgan fingerprint density at radius 2 is 1.77 bits per heavy atom. The highest BCUT2D eigenvalue weighted by molar-refractivity contribution is 5.91. The number of rotatable bonds is 5. The molecule has 1 aliphatic rings. The van der Waals surface area contributed by atoms with E-state index in [1.165, 1.54) is 0 Å². The van der Waals surface area contributed by atoms with Crippen LogP contribution in [-0.2, 0) is 20.8 Å². The van der Waals surface area contributed by atoms with Crippen molar-refractivity contribution in [3.63, 3.8) is 0 Å². The summed E-state index contributed by atoms with van der Waals surface area (Å²) in [5.74, 6) is -0.318. The van der Waals surface area contributed by atoms with Crippen molar-refractivity contribution in [3.8, 4) is 0 Å². The first-order valence-corrected chi connectivity index (χ1v) is 9.06. The summed E-state index contributed by atoms with van der Waals surface area (Å²) in [5.41, 5.74) is 0.857. The maximum atomic E-state index is 12.5. The minimum absolute atomic E-state index is 0.0561. The van der Waals surface area contributed by atoms with Gasteiger partial charge in [-0.05, 0) is 58.1 Å². The number of alkyl carbamates (subject to hydrolysis) is 1. The third-order valence-electron chi connectivity index (χ3n) is 4.21. The fraction of sp³-hybridized carbons (Fsp3) is 0.600. The zero-order chi connectivity index (χ0) is 19.2. The number of methoxy groups -OCH3 is 1. The van der Waals surface area contributed by atoms with Gasteiger partial charge in [-0.2, -0.15) is 0 Å². The molecule has 1 amide bonds. The Bertz CT molecular complexity index is 615. The Hall–Kier alpha value is -2.08. The molecule has 0 radical (unpaired) electrons. The van der Waals surface area contributed by atoms with E-state index in [2.05, 4.69) is 5.32 Å². The number of carbonyl (C=O) groups is 2. The van der Waals surface area contributed by atoms with Crippen LogP contribution in [0, 0.1) is 0 Å². The summed E-state index contributed by atoms with van der Waals surface area (Å²) in [6, 6.07) is 7.37. The Morgan fingerprint density at radius 1 is 1.12 bits per heavy atom. The van der Waals surface area contributed by atoms with Gasteiger partial charge in [-0.15, -0.1) is 0 Å². The number of carbonyl (C=O) groups excluding carboxylic acids is 2. The van der Waals surface area contributed by atoms with E-state index in [0.29, 0.717) is 12.2 Å². The first-order valence-electron chi connectivity index (χ1n) is 9.06. The van der Waals surface area contributed by atoms with Gasteiger partial charge in [0.05, 0.1) is 12.2 Å². The Balaban J connectivity index is 1.82. The molecule has 0 heterocycles. The highest BCUT2D eigenvalue weighted by Crippen LogP contribution is 2.23. The van der Waals surface area contributed by atoms with Crippen molar-refractivity contribution < 1.29 is 23.8 Å². The van der Waals surface area contributed by atoms with E-state index in [1.54, 1.807) is 13.2 Å². The van der Waals surface area contributed by atoms with Crippen molar-refractivity contribution in [1.29, 1.82) is 0 Å². The molecular weight excluding hydrogens is 334 g/mol. The summed E-state index contributed by atoms with van der Waals surface area (Å²) in [4.78, 5) is 24.3. The summed E-state index contributed by atoms with van der Waals surface area (Å²) < 4.78 is 16.1. The fourth-order valence-electron chi connectivity index (χ4n) is 3.01. The predicted octanol–water partition coefficient (Wildman–Crippen LogP) is 3.83. The summed E-state index contributed by atoms with van der Waals surface area (Å²) in [6.45, 7) is 5.89. The lowest BCUT2D eigenvalue weighted by atomic mass is 9.93. The predicted molar refractivity (Wildman–Crippen MR) is 98.0 cm³/mol. The van der Waals surface area contributed by atoms with Gasteiger partial charge in [-0.1, -0.05) is 18.2 Å². The molecule has 0 aromatic heterocycles. The van der Waals surface area contributed by atoms with E-state index >= 15 is 0 Å². The highest BCUT2D eigenvalue weighted by atomic mass is 16.6. The lowest BCUT2D eigenvalue weighted by Gasteiger charge is -2.30. The van der Waals surface area contributed by atoms with Crippen LogP contribution in [0.4, 0.5) is 4.79 Å². The molecular formula is C20H29NO5. The zero-order valence-corrected chi connectivity index (χ0v) is 16.0. The quantitative estimate of drug-likeness (QED) is 0.805. The van der Waals surface area contributed by atoms with Gasteiger partial charge in [-0.3, -0.25) is 0 Å². The number of nitrogens with one attached hydrogen (secondary N) is 1. The van der Waals surface area contributed by atoms with Crippen LogP contribution in [0.5, 0.6) is 0 Å². The molecule has 1 aliphatic carbocycles. The molecule has 1 N–H and O–H groups in total. The van der Waals surface area contributed by atoms with Crippen LogP contribution in [0.25, 0.3) is 0 Å². The first-order chi connectivity index (χ1) is 12.3. The van der Waals surface area contributed by atoms with E-state index in [1.807, 2.05) is 39.0 Å². The summed E-state index contributed by atoms with van der Waals surface area (Å²) >= 11 is 0. The van der Waals surface area contributed by atoms with Gasteiger partial charge in [0.15, 0.2) is 0 Å². The van der Waals surface area contributed by atoms with Crippen molar-refractivity contribution in [2.45, 2.75) is 70.8 Å². The SMILES string of the molecule is COCc1ccccc1C(=O)OC1CCC(NC(=O)OC(C)(C)C)CC1. The Morgan fingerprint density at radius 3 is 2.38 bits per heavy atom. The summed E-state index contributed by atoms with van der Waals surface area (Å²) in [6.07, 6.45) is 2.44. The largest absolute Gasteiger partial charge is 0.459 e. The van der Waals surface area contributed by atoms with Gasteiger partial charge in [0, 0.05) is 13.2 Å². The Kier molecular flexibility index (Phi) is 7.03. The second-order valence-corrected chi connectivity index (χ2v) is 7.62. The maximum Gasteiger partial charge on any atom is 0.407 e. The van der Waals surface area contributed by atoms with E-state index in [0.717, 1.165) is 31.2 Å². The topological polar surface area (TPSA) is 73.9 Å². The standard InChI is InChI=1S/C20H29NO5/c1-20(2,3)26-19(23)21-15-9-11-16(12-10-15)25-18(22)17-8-6-5-7-14(17)13-24-4/h5-8,15-16H,9-13H2,1-4H3,(H,21,23). The van der Waals surface area contributed by atoms with Crippen LogP contribution in [0.3, 0.4) is 0 Å². The van der Waals surface area contributed by atoms with Crippen LogP contribution in [0.15, 0.2) is 24.3 Å². The van der Waals surface area contributed by atoms with Crippen molar-refractivity contribution in [2.24, 2.45) is 0 Å². The molecule has 0 bridgehead atoms. The second-order valence-electron chi connectivity index (χ2n) is 7.62. The van der Waals surface area contributed by atoms with Gasteiger partial charge >= 0.3 is 12.1 Å². The van der Waals surface area contributed by atoms with Gasteiger partial charge < -0.3 is 19.5 Å². The van der Waals surface area contributed by atoms with E-state index < -0.39 is 11.7 Å². The van der Waals surface area contributed by atoms with Crippen molar-refractivity contribution in [3.05, 3.63) is 35.4 Å².